The lowest BCUT2D eigenvalue weighted by Gasteiger charge is -2.12. The number of methoxy groups -OCH3 is 2. The minimum Gasteiger partial charge on any atom is -0.493 e. The van der Waals surface area contributed by atoms with Gasteiger partial charge in [0.25, 0.3) is 0 Å². The molecule has 4 aromatic rings. The first-order valence-electron chi connectivity index (χ1n) is 10.7. The first-order valence-corrected chi connectivity index (χ1v) is 10.7. The molecule has 0 aliphatic rings. The maximum absolute atomic E-state index is 13.7. The highest BCUT2D eigenvalue weighted by molar-refractivity contribution is 6.08. The maximum atomic E-state index is 13.7. The van der Waals surface area contributed by atoms with Crippen molar-refractivity contribution >= 4 is 34.1 Å². The van der Waals surface area contributed by atoms with E-state index in [2.05, 4.69) is 15.6 Å². The van der Waals surface area contributed by atoms with E-state index in [-0.39, 0.29) is 5.69 Å². The number of rotatable bonds is 8. The molecule has 1 aromatic heterocycles. The first-order chi connectivity index (χ1) is 17.4. The Hall–Kier alpha value is -4.73. The van der Waals surface area contributed by atoms with Gasteiger partial charge < -0.3 is 24.8 Å². The fourth-order valence-corrected chi connectivity index (χ4v) is 3.41. The molecule has 0 unspecified atom stereocenters. The van der Waals surface area contributed by atoms with Gasteiger partial charge in [0.1, 0.15) is 29.6 Å². The lowest BCUT2D eigenvalue weighted by atomic mass is 10.2. The van der Waals surface area contributed by atoms with E-state index in [1.165, 1.54) is 7.11 Å². The van der Waals surface area contributed by atoms with E-state index in [1.807, 2.05) is 0 Å². The first kappa shape index (κ1) is 24.4. The molecule has 0 radical (unpaired) electrons. The molecule has 0 bridgehead atoms. The van der Waals surface area contributed by atoms with Crippen molar-refractivity contribution in [2.24, 2.45) is 0 Å². The Balaban J connectivity index is 1.39. The van der Waals surface area contributed by atoms with Gasteiger partial charge in [-0.2, -0.15) is 0 Å². The number of halogens is 2. The fourth-order valence-electron chi connectivity index (χ4n) is 3.41. The summed E-state index contributed by atoms with van der Waals surface area (Å²) in [4.78, 5) is 28.6. The van der Waals surface area contributed by atoms with Gasteiger partial charge in [0.2, 0.25) is 11.8 Å². The quantitative estimate of drug-likeness (QED) is 0.324. The summed E-state index contributed by atoms with van der Waals surface area (Å²) < 4.78 is 43.3. The van der Waals surface area contributed by atoms with E-state index in [0.29, 0.717) is 40.3 Å². The van der Waals surface area contributed by atoms with Crippen molar-refractivity contribution < 1.29 is 32.6 Å². The second-order valence-corrected chi connectivity index (χ2v) is 7.56. The van der Waals surface area contributed by atoms with Crippen molar-refractivity contribution in [2.75, 3.05) is 24.9 Å². The van der Waals surface area contributed by atoms with E-state index in [0.717, 1.165) is 17.5 Å². The number of hydrogen-bond donors (Lipinski definition) is 2. The average molecular weight is 493 g/mol. The van der Waals surface area contributed by atoms with Crippen LogP contribution in [0.5, 0.6) is 23.0 Å². The van der Waals surface area contributed by atoms with Crippen LogP contribution < -0.4 is 24.8 Å². The summed E-state index contributed by atoms with van der Waals surface area (Å²) in [6.45, 7) is 0. The highest BCUT2D eigenvalue weighted by Crippen LogP contribution is 2.37. The van der Waals surface area contributed by atoms with Crippen LogP contribution in [0.1, 0.15) is 6.42 Å². The second-order valence-electron chi connectivity index (χ2n) is 7.56. The number of fused-ring (bicyclic) bond motifs is 1. The Morgan fingerprint density at radius 1 is 0.833 bits per heavy atom. The monoisotopic (exact) mass is 493 g/mol. The number of ether oxygens (including phenoxy) is 3. The van der Waals surface area contributed by atoms with Crippen LogP contribution >= 0.6 is 0 Å². The summed E-state index contributed by atoms with van der Waals surface area (Å²) in [5, 5.41) is 5.54. The lowest BCUT2D eigenvalue weighted by molar-refractivity contribution is -0.123. The number of hydrogen-bond acceptors (Lipinski definition) is 6. The minimum absolute atomic E-state index is 0.213. The van der Waals surface area contributed by atoms with Crippen LogP contribution in [0.2, 0.25) is 0 Å². The topological polar surface area (TPSA) is 98.8 Å². The number of anilines is 2. The molecular formula is C26H21F2N3O5. The van der Waals surface area contributed by atoms with Crippen LogP contribution in [0.15, 0.2) is 66.9 Å². The minimum atomic E-state index is -0.932. The summed E-state index contributed by atoms with van der Waals surface area (Å²) >= 11 is 0. The molecular weight excluding hydrogens is 472 g/mol. The third-order valence-electron chi connectivity index (χ3n) is 5.10. The van der Waals surface area contributed by atoms with Crippen LogP contribution in [0.3, 0.4) is 0 Å². The van der Waals surface area contributed by atoms with Gasteiger partial charge in [-0.3, -0.25) is 14.6 Å². The lowest BCUT2D eigenvalue weighted by Crippen LogP contribution is -2.21. The van der Waals surface area contributed by atoms with Gasteiger partial charge in [-0.05, 0) is 48.5 Å². The van der Waals surface area contributed by atoms with Gasteiger partial charge in [0, 0.05) is 29.4 Å². The summed E-state index contributed by atoms with van der Waals surface area (Å²) in [6.07, 6.45) is 1.06. The van der Waals surface area contributed by atoms with Gasteiger partial charge in [-0.1, -0.05) is 0 Å². The molecule has 36 heavy (non-hydrogen) atoms. The molecule has 0 saturated carbocycles. The molecule has 0 saturated heterocycles. The molecule has 10 heteroatoms. The molecule has 2 amide bonds. The van der Waals surface area contributed by atoms with E-state index in [4.69, 9.17) is 14.2 Å². The highest BCUT2D eigenvalue weighted by atomic mass is 19.1. The molecule has 0 spiro atoms. The number of aromatic nitrogens is 1. The third-order valence-corrected chi connectivity index (χ3v) is 5.10. The predicted molar refractivity (Wildman–Crippen MR) is 130 cm³/mol. The molecule has 0 aliphatic carbocycles. The number of pyridine rings is 1. The van der Waals surface area contributed by atoms with Crippen molar-refractivity contribution in [3.05, 3.63) is 78.5 Å². The summed E-state index contributed by atoms with van der Waals surface area (Å²) in [6, 6.07) is 14.5. The van der Waals surface area contributed by atoms with Crippen LogP contribution in [0, 0.1) is 11.6 Å². The van der Waals surface area contributed by atoms with Crippen molar-refractivity contribution in [2.45, 2.75) is 6.42 Å². The highest BCUT2D eigenvalue weighted by Gasteiger charge is 2.14. The Kier molecular flexibility index (Phi) is 7.24. The van der Waals surface area contributed by atoms with Crippen LogP contribution in [0.25, 0.3) is 10.9 Å². The zero-order valence-electron chi connectivity index (χ0n) is 19.3. The Bertz CT molecular complexity index is 1430. The van der Waals surface area contributed by atoms with E-state index < -0.39 is 29.9 Å². The van der Waals surface area contributed by atoms with E-state index >= 15 is 0 Å². The van der Waals surface area contributed by atoms with Crippen molar-refractivity contribution in [3.8, 4) is 23.0 Å². The average Bonchev–Trinajstić information content (AvgIpc) is 2.86. The molecule has 0 aliphatic heterocycles. The van der Waals surface area contributed by atoms with Crippen LogP contribution in [0.4, 0.5) is 20.2 Å². The number of amides is 2. The largest absolute Gasteiger partial charge is 0.493 e. The van der Waals surface area contributed by atoms with Crippen LogP contribution in [-0.4, -0.2) is 31.0 Å². The standard InChI is InChI=1S/C26H21F2N3O5/c1-34-23-12-18-21(13-24(23)35-2)29-10-9-22(18)36-17-6-4-16(5-7-17)30-25(32)14-26(33)31-20-8-3-15(27)11-19(20)28/h3-13H,14H2,1-2H3,(H,30,32)(H,31,33). The van der Waals surface area contributed by atoms with Crippen LogP contribution in [-0.2, 0) is 9.59 Å². The Morgan fingerprint density at radius 2 is 1.53 bits per heavy atom. The zero-order chi connectivity index (χ0) is 25.7. The summed E-state index contributed by atoms with van der Waals surface area (Å²) in [5.41, 5.74) is 0.877. The zero-order valence-corrected chi connectivity index (χ0v) is 19.3. The molecule has 2 N–H and O–H groups in total. The van der Waals surface area contributed by atoms with Crippen molar-refractivity contribution in [3.63, 3.8) is 0 Å². The van der Waals surface area contributed by atoms with Gasteiger partial charge in [-0.25, -0.2) is 8.78 Å². The van der Waals surface area contributed by atoms with Crippen molar-refractivity contribution in [1.29, 1.82) is 0 Å². The number of nitrogens with one attached hydrogen (secondary N) is 2. The van der Waals surface area contributed by atoms with Gasteiger partial charge >= 0.3 is 0 Å². The number of benzene rings is 3. The Labute approximate surface area is 204 Å². The Morgan fingerprint density at radius 3 is 2.22 bits per heavy atom. The molecule has 4 rings (SSSR count). The molecule has 8 nitrogen and oxygen atoms in total. The molecule has 3 aromatic carbocycles. The predicted octanol–water partition coefficient (Wildman–Crippen LogP) is 5.29. The second kappa shape index (κ2) is 10.7. The van der Waals surface area contributed by atoms with Gasteiger partial charge in [0.15, 0.2) is 11.5 Å². The SMILES string of the molecule is COc1cc2nccc(Oc3ccc(NC(=O)CC(=O)Nc4ccc(F)cc4F)cc3)c2cc1OC. The summed E-state index contributed by atoms with van der Waals surface area (Å²) in [7, 11) is 3.08. The maximum Gasteiger partial charge on any atom is 0.233 e. The van der Waals surface area contributed by atoms with E-state index in [9.17, 15) is 18.4 Å². The molecule has 0 fully saturated rings. The van der Waals surface area contributed by atoms with Gasteiger partial charge in [0.05, 0.1) is 25.4 Å². The number of carbonyl (C=O) groups is 2. The van der Waals surface area contributed by atoms with E-state index in [1.54, 1.807) is 55.8 Å². The van der Waals surface area contributed by atoms with Gasteiger partial charge in [-0.15, -0.1) is 0 Å². The third kappa shape index (κ3) is 5.66. The molecule has 0 atom stereocenters. The normalized spacial score (nSPS) is 10.6. The number of carbonyl (C=O) groups excluding carboxylic acids is 2. The molecule has 1 heterocycles. The summed E-state index contributed by atoms with van der Waals surface area (Å²) in [5.74, 6) is -0.924. The smallest absolute Gasteiger partial charge is 0.233 e. The fraction of sp³-hybridized carbons (Fsp3) is 0.115. The van der Waals surface area contributed by atoms with Crippen molar-refractivity contribution in [1.82, 2.24) is 4.98 Å². The molecule has 184 valence electrons. The number of nitrogens with zero attached hydrogens (tertiary/aromatic N) is 1.